The van der Waals surface area contributed by atoms with Gasteiger partial charge in [-0.1, -0.05) is 11.6 Å². The lowest BCUT2D eigenvalue weighted by Crippen LogP contribution is -2.42. The SMILES string of the molecule is O=C(O)c1cc(-c2ccc(CN3C[C@@H]4CCOC[C@]4(CO)C3)o2)ccc1Cl. The molecule has 4 rings (SSSR count). The van der Waals surface area contributed by atoms with Gasteiger partial charge in [0.15, 0.2) is 0 Å². The molecule has 2 fully saturated rings. The van der Waals surface area contributed by atoms with Crippen LogP contribution >= 0.6 is 11.6 Å². The quantitative estimate of drug-likeness (QED) is 0.814. The second-order valence-corrected chi connectivity index (χ2v) is 7.90. The summed E-state index contributed by atoms with van der Waals surface area (Å²) < 4.78 is 11.6. The number of fused-ring (bicyclic) bond motifs is 1. The van der Waals surface area contributed by atoms with Crippen LogP contribution in [0.15, 0.2) is 34.7 Å². The molecule has 6 nitrogen and oxygen atoms in total. The number of hydrogen-bond donors (Lipinski definition) is 2. The van der Waals surface area contributed by atoms with Gasteiger partial charge in [0.2, 0.25) is 0 Å². The van der Waals surface area contributed by atoms with Crippen LogP contribution in [0.4, 0.5) is 0 Å². The zero-order valence-corrected chi connectivity index (χ0v) is 15.6. The Hall–Kier alpha value is -1.86. The molecule has 2 aliphatic rings. The fourth-order valence-electron chi connectivity index (χ4n) is 4.23. The van der Waals surface area contributed by atoms with Gasteiger partial charge in [0, 0.05) is 30.7 Å². The van der Waals surface area contributed by atoms with Crippen molar-refractivity contribution < 1.29 is 24.2 Å². The zero-order chi connectivity index (χ0) is 19.0. The fourth-order valence-corrected chi connectivity index (χ4v) is 4.43. The summed E-state index contributed by atoms with van der Waals surface area (Å²) >= 11 is 5.94. The second-order valence-electron chi connectivity index (χ2n) is 7.49. The molecule has 2 atom stereocenters. The summed E-state index contributed by atoms with van der Waals surface area (Å²) in [5.74, 6) is 0.801. The number of ether oxygens (including phenoxy) is 1. The molecular weight excluding hydrogens is 370 g/mol. The minimum atomic E-state index is -1.06. The summed E-state index contributed by atoms with van der Waals surface area (Å²) in [7, 11) is 0. The Bertz CT molecular complexity index is 851. The van der Waals surface area contributed by atoms with Crippen molar-refractivity contribution in [2.24, 2.45) is 11.3 Å². The van der Waals surface area contributed by atoms with Gasteiger partial charge in [-0.25, -0.2) is 4.79 Å². The highest BCUT2D eigenvalue weighted by Gasteiger charge is 2.48. The van der Waals surface area contributed by atoms with E-state index in [-0.39, 0.29) is 22.6 Å². The molecule has 2 saturated heterocycles. The van der Waals surface area contributed by atoms with Gasteiger partial charge in [0.1, 0.15) is 11.5 Å². The monoisotopic (exact) mass is 391 g/mol. The van der Waals surface area contributed by atoms with E-state index in [2.05, 4.69) is 4.90 Å². The Kier molecular flexibility index (Phi) is 4.99. The average Bonchev–Trinajstić information content (AvgIpc) is 3.26. The first kappa shape index (κ1) is 18.5. The fraction of sp³-hybridized carbons (Fsp3) is 0.450. The van der Waals surface area contributed by atoms with Gasteiger partial charge in [0.05, 0.1) is 30.3 Å². The van der Waals surface area contributed by atoms with E-state index in [0.29, 0.717) is 30.4 Å². The van der Waals surface area contributed by atoms with Crippen LogP contribution in [-0.2, 0) is 11.3 Å². The topological polar surface area (TPSA) is 83.1 Å². The van der Waals surface area contributed by atoms with Crippen molar-refractivity contribution in [3.05, 3.63) is 46.7 Å². The average molecular weight is 392 g/mol. The number of likely N-dealkylation sites (tertiary alicyclic amines) is 1. The first-order chi connectivity index (χ1) is 13.0. The molecule has 144 valence electrons. The van der Waals surface area contributed by atoms with Crippen molar-refractivity contribution in [3.8, 4) is 11.3 Å². The third-order valence-electron chi connectivity index (χ3n) is 5.72. The number of carboxylic acids is 1. The normalized spacial score (nSPS) is 25.5. The third kappa shape index (κ3) is 3.50. The van der Waals surface area contributed by atoms with E-state index in [1.54, 1.807) is 12.1 Å². The Morgan fingerprint density at radius 1 is 1.33 bits per heavy atom. The molecule has 3 heterocycles. The number of aliphatic hydroxyl groups excluding tert-OH is 1. The molecule has 7 heteroatoms. The van der Waals surface area contributed by atoms with Gasteiger partial charge >= 0.3 is 5.97 Å². The molecule has 0 unspecified atom stereocenters. The Balaban J connectivity index is 1.49. The van der Waals surface area contributed by atoms with Crippen LogP contribution in [0, 0.1) is 11.3 Å². The molecule has 0 amide bonds. The molecule has 0 saturated carbocycles. The van der Waals surface area contributed by atoms with Gasteiger partial charge in [-0.2, -0.15) is 0 Å². The summed E-state index contributed by atoms with van der Waals surface area (Å²) in [6.45, 7) is 3.86. The van der Waals surface area contributed by atoms with E-state index in [4.69, 9.17) is 20.8 Å². The molecular formula is C20H22ClNO5. The van der Waals surface area contributed by atoms with E-state index in [1.807, 2.05) is 12.1 Å². The number of benzene rings is 1. The molecule has 2 N–H and O–H groups in total. The predicted octanol–water partition coefficient (Wildman–Crippen LogP) is 3.13. The molecule has 1 aromatic carbocycles. The van der Waals surface area contributed by atoms with Crippen molar-refractivity contribution in [1.82, 2.24) is 4.90 Å². The number of rotatable bonds is 5. The highest BCUT2D eigenvalue weighted by Crippen LogP contribution is 2.41. The van der Waals surface area contributed by atoms with Gasteiger partial charge in [-0.3, -0.25) is 4.90 Å². The smallest absolute Gasteiger partial charge is 0.337 e. The van der Waals surface area contributed by atoms with Crippen LogP contribution in [0.5, 0.6) is 0 Å². The van der Waals surface area contributed by atoms with Crippen molar-refractivity contribution in [2.45, 2.75) is 13.0 Å². The Morgan fingerprint density at radius 2 is 2.19 bits per heavy atom. The number of furan rings is 1. The van der Waals surface area contributed by atoms with Crippen LogP contribution in [-0.4, -0.2) is 54.0 Å². The van der Waals surface area contributed by atoms with Crippen molar-refractivity contribution in [1.29, 1.82) is 0 Å². The van der Waals surface area contributed by atoms with Gasteiger partial charge < -0.3 is 19.4 Å². The van der Waals surface area contributed by atoms with E-state index in [1.165, 1.54) is 6.07 Å². The first-order valence-corrected chi connectivity index (χ1v) is 9.41. The maximum Gasteiger partial charge on any atom is 0.337 e. The summed E-state index contributed by atoms with van der Waals surface area (Å²) in [5, 5.41) is 19.3. The number of carbonyl (C=O) groups is 1. The number of nitrogens with zero attached hydrogens (tertiary/aromatic N) is 1. The van der Waals surface area contributed by atoms with E-state index in [0.717, 1.165) is 31.9 Å². The maximum atomic E-state index is 11.3. The maximum absolute atomic E-state index is 11.3. The van der Waals surface area contributed by atoms with E-state index in [9.17, 15) is 15.0 Å². The molecule has 0 bridgehead atoms. The van der Waals surface area contributed by atoms with E-state index >= 15 is 0 Å². The largest absolute Gasteiger partial charge is 0.478 e. The summed E-state index contributed by atoms with van der Waals surface area (Å²) in [6, 6.07) is 8.60. The molecule has 2 aliphatic heterocycles. The number of aromatic carboxylic acids is 1. The number of carboxylic acid groups (broad SMARTS) is 1. The van der Waals surface area contributed by atoms with Gasteiger partial charge in [0.25, 0.3) is 0 Å². The standard InChI is InChI=1S/C20H22ClNO5/c21-17-3-1-13(7-16(17)19(24)25)18-4-2-15(27-18)9-22-8-14-5-6-26-12-20(14,10-22)11-23/h1-4,7,14,23H,5-6,8-12H2,(H,24,25)/t14-,20+/m0/s1. The van der Waals surface area contributed by atoms with Gasteiger partial charge in [-0.05, 0) is 42.7 Å². The summed E-state index contributed by atoms with van der Waals surface area (Å²) in [6.07, 6.45) is 0.975. The lowest BCUT2D eigenvalue weighted by Gasteiger charge is -2.36. The van der Waals surface area contributed by atoms with Gasteiger partial charge in [-0.15, -0.1) is 0 Å². The number of halogens is 1. The predicted molar refractivity (Wildman–Crippen MR) is 99.8 cm³/mol. The molecule has 2 aromatic rings. The highest BCUT2D eigenvalue weighted by molar-refractivity contribution is 6.33. The molecule has 0 spiro atoms. The van der Waals surface area contributed by atoms with Crippen molar-refractivity contribution >= 4 is 17.6 Å². The van der Waals surface area contributed by atoms with Crippen LogP contribution < -0.4 is 0 Å². The van der Waals surface area contributed by atoms with Crippen LogP contribution in [0.25, 0.3) is 11.3 Å². The molecule has 1 aromatic heterocycles. The van der Waals surface area contributed by atoms with Crippen molar-refractivity contribution in [2.75, 3.05) is 32.9 Å². The molecule has 27 heavy (non-hydrogen) atoms. The summed E-state index contributed by atoms with van der Waals surface area (Å²) in [5.41, 5.74) is 0.569. The number of aliphatic hydroxyl groups is 1. The van der Waals surface area contributed by atoms with Crippen LogP contribution in [0.2, 0.25) is 5.02 Å². The minimum Gasteiger partial charge on any atom is -0.478 e. The Labute approximate surface area is 162 Å². The lowest BCUT2D eigenvalue weighted by molar-refractivity contribution is -0.0561. The van der Waals surface area contributed by atoms with E-state index < -0.39 is 5.97 Å². The van der Waals surface area contributed by atoms with Crippen molar-refractivity contribution in [3.63, 3.8) is 0 Å². The summed E-state index contributed by atoms with van der Waals surface area (Å²) in [4.78, 5) is 13.6. The third-order valence-corrected chi connectivity index (χ3v) is 6.05. The first-order valence-electron chi connectivity index (χ1n) is 9.04. The Morgan fingerprint density at radius 3 is 2.93 bits per heavy atom. The lowest BCUT2D eigenvalue weighted by atomic mass is 9.76. The van der Waals surface area contributed by atoms with Crippen LogP contribution in [0.3, 0.4) is 0 Å². The molecule has 0 aliphatic carbocycles. The second kappa shape index (κ2) is 7.28. The minimum absolute atomic E-state index is 0.0561. The number of hydrogen-bond acceptors (Lipinski definition) is 5. The zero-order valence-electron chi connectivity index (χ0n) is 14.9. The molecule has 0 radical (unpaired) electrons. The van der Waals surface area contributed by atoms with Crippen LogP contribution in [0.1, 0.15) is 22.5 Å². The highest BCUT2D eigenvalue weighted by atomic mass is 35.5.